The molecule has 1 heterocycles. The largest absolute Gasteiger partial charge is 0.452 e. The van der Waals surface area contributed by atoms with Crippen LogP contribution >= 0.6 is 11.3 Å². The smallest absolute Gasteiger partial charge is 0.331 e. The van der Waals surface area contributed by atoms with Crippen molar-refractivity contribution in [3.63, 3.8) is 0 Å². The molecule has 2 aromatic rings. The van der Waals surface area contributed by atoms with Crippen LogP contribution in [0, 0.1) is 6.92 Å². The van der Waals surface area contributed by atoms with Crippen LogP contribution < -0.4 is 5.32 Å². The normalized spacial score (nSPS) is 12.1. The fourth-order valence-corrected chi connectivity index (χ4v) is 2.75. The molecular weight excluding hydrogens is 310 g/mol. The van der Waals surface area contributed by atoms with Gasteiger partial charge in [0.05, 0.1) is 6.04 Å². The van der Waals surface area contributed by atoms with Gasteiger partial charge in [-0.25, -0.2) is 4.79 Å². The number of esters is 1. The minimum Gasteiger partial charge on any atom is -0.452 e. The predicted octanol–water partition coefficient (Wildman–Crippen LogP) is 3.49. The molecular formula is C18H19NO3S. The van der Waals surface area contributed by atoms with Gasteiger partial charge in [0.25, 0.3) is 5.91 Å². The van der Waals surface area contributed by atoms with Crippen LogP contribution in [0.5, 0.6) is 0 Å². The third-order valence-electron chi connectivity index (χ3n) is 3.15. The van der Waals surface area contributed by atoms with E-state index in [2.05, 4.69) is 5.32 Å². The number of amides is 1. The Morgan fingerprint density at radius 1 is 1.30 bits per heavy atom. The molecule has 1 aromatic carbocycles. The van der Waals surface area contributed by atoms with Gasteiger partial charge in [-0.2, -0.15) is 0 Å². The number of aryl methyl sites for hydroxylation is 1. The second-order valence-corrected chi connectivity index (χ2v) is 6.14. The number of nitrogens with one attached hydrogen (secondary N) is 1. The van der Waals surface area contributed by atoms with Crippen LogP contribution in [0.2, 0.25) is 0 Å². The SMILES string of the molecule is Cc1cccc(/C=C/C(=O)OCC(=O)N[C@@H](C)c2cccs2)c1. The van der Waals surface area contributed by atoms with Gasteiger partial charge in [-0.15, -0.1) is 11.3 Å². The van der Waals surface area contributed by atoms with Gasteiger partial charge in [0.15, 0.2) is 6.61 Å². The van der Waals surface area contributed by atoms with Crippen LogP contribution in [-0.2, 0) is 14.3 Å². The lowest BCUT2D eigenvalue weighted by molar-refractivity contribution is -0.144. The summed E-state index contributed by atoms with van der Waals surface area (Å²) in [6.45, 7) is 3.59. The Bertz CT molecular complexity index is 692. The molecule has 0 saturated carbocycles. The summed E-state index contributed by atoms with van der Waals surface area (Å²) in [6, 6.07) is 11.5. The van der Waals surface area contributed by atoms with Gasteiger partial charge >= 0.3 is 5.97 Å². The minimum atomic E-state index is -0.537. The number of rotatable bonds is 6. The zero-order valence-corrected chi connectivity index (χ0v) is 13.9. The predicted molar refractivity (Wildman–Crippen MR) is 92.0 cm³/mol. The van der Waals surface area contributed by atoms with E-state index in [1.165, 1.54) is 6.08 Å². The maximum atomic E-state index is 11.8. The Kier molecular flexibility index (Phi) is 6.11. The lowest BCUT2D eigenvalue weighted by Crippen LogP contribution is -2.30. The second-order valence-electron chi connectivity index (χ2n) is 5.16. The topological polar surface area (TPSA) is 55.4 Å². The van der Waals surface area contributed by atoms with Gasteiger partial charge in [0.1, 0.15) is 0 Å². The summed E-state index contributed by atoms with van der Waals surface area (Å²) in [7, 11) is 0. The fourth-order valence-electron chi connectivity index (χ4n) is 2.01. The molecule has 1 aromatic heterocycles. The first kappa shape index (κ1) is 17.0. The quantitative estimate of drug-likeness (QED) is 0.652. The summed E-state index contributed by atoms with van der Waals surface area (Å²) in [6.07, 6.45) is 2.99. The molecule has 0 aliphatic carbocycles. The number of benzene rings is 1. The molecule has 23 heavy (non-hydrogen) atoms. The van der Waals surface area contributed by atoms with Crippen LogP contribution in [0.3, 0.4) is 0 Å². The molecule has 0 radical (unpaired) electrons. The summed E-state index contributed by atoms with van der Waals surface area (Å²) in [5, 5.41) is 4.74. The monoisotopic (exact) mass is 329 g/mol. The summed E-state index contributed by atoms with van der Waals surface area (Å²) in [5.74, 6) is -0.853. The fraction of sp³-hybridized carbons (Fsp3) is 0.222. The van der Waals surface area contributed by atoms with Crippen molar-refractivity contribution in [2.75, 3.05) is 6.61 Å². The Morgan fingerprint density at radius 2 is 2.13 bits per heavy atom. The first-order valence-corrected chi connectivity index (χ1v) is 8.17. The molecule has 1 atom stereocenters. The molecule has 0 aliphatic rings. The van der Waals surface area contributed by atoms with Crippen molar-refractivity contribution in [2.45, 2.75) is 19.9 Å². The molecule has 120 valence electrons. The van der Waals surface area contributed by atoms with Gasteiger partial charge in [-0.3, -0.25) is 4.79 Å². The van der Waals surface area contributed by atoms with E-state index < -0.39 is 5.97 Å². The lowest BCUT2D eigenvalue weighted by atomic mass is 10.1. The Hall–Kier alpha value is -2.40. The van der Waals surface area contributed by atoms with Crippen LogP contribution in [0.15, 0.2) is 47.9 Å². The van der Waals surface area contributed by atoms with Gasteiger partial charge < -0.3 is 10.1 Å². The molecule has 0 saturated heterocycles. The number of carbonyl (C=O) groups excluding carboxylic acids is 2. The van der Waals surface area contributed by atoms with Crippen molar-refractivity contribution in [1.29, 1.82) is 0 Å². The number of hydrogen-bond donors (Lipinski definition) is 1. The third-order valence-corrected chi connectivity index (χ3v) is 4.20. The second kappa shape index (κ2) is 8.29. The Morgan fingerprint density at radius 3 is 2.83 bits per heavy atom. The summed E-state index contributed by atoms with van der Waals surface area (Å²) in [5.41, 5.74) is 2.03. The van der Waals surface area contributed by atoms with Gasteiger partial charge in [0, 0.05) is 11.0 Å². The van der Waals surface area contributed by atoms with E-state index in [-0.39, 0.29) is 18.6 Å². The average Bonchev–Trinajstić information content (AvgIpc) is 3.05. The molecule has 0 unspecified atom stereocenters. The highest BCUT2D eigenvalue weighted by atomic mass is 32.1. The summed E-state index contributed by atoms with van der Waals surface area (Å²) >= 11 is 1.57. The van der Waals surface area contributed by atoms with E-state index in [1.54, 1.807) is 17.4 Å². The van der Waals surface area contributed by atoms with Crippen molar-refractivity contribution in [3.05, 3.63) is 63.9 Å². The number of ether oxygens (including phenoxy) is 1. The molecule has 2 rings (SSSR count). The van der Waals surface area contributed by atoms with Crippen LogP contribution in [-0.4, -0.2) is 18.5 Å². The summed E-state index contributed by atoms with van der Waals surface area (Å²) < 4.78 is 4.94. The molecule has 4 nitrogen and oxygen atoms in total. The van der Waals surface area contributed by atoms with E-state index >= 15 is 0 Å². The molecule has 1 N–H and O–H groups in total. The molecule has 0 spiro atoms. The lowest BCUT2D eigenvalue weighted by Gasteiger charge is -2.11. The van der Waals surface area contributed by atoms with Crippen molar-refractivity contribution in [3.8, 4) is 0 Å². The van der Waals surface area contributed by atoms with Crippen LogP contribution in [0.1, 0.15) is 29.0 Å². The van der Waals surface area contributed by atoms with Crippen molar-refractivity contribution < 1.29 is 14.3 Å². The first-order chi connectivity index (χ1) is 11.0. The zero-order valence-electron chi connectivity index (χ0n) is 13.1. The van der Waals surface area contributed by atoms with Crippen LogP contribution in [0.25, 0.3) is 6.08 Å². The molecule has 5 heteroatoms. The third kappa shape index (κ3) is 5.71. The highest BCUT2D eigenvalue weighted by Gasteiger charge is 2.11. The zero-order chi connectivity index (χ0) is 16.7. The van der Waals surface area contributed by atoms with E-state index in [1.807, 2.05) is 55.6 Å². The number of thiophene rings is 1. The van der Waals surface area contributed by atoms with Crippen molar-refractivity contribution in [2.24, 2.45) is 0 Å². The van der Waals surface area contributed by atoms with Gasteiger partial charge in [-0.05, 0) is 36.9 Å². The Balaban J connectivity index is 1.76. The first-order valence-electron chi connectivity index (χ1n) is 7.29. The molecule has 0 aliphatic heterocycles. The molecule has 0 bridgehead atoms. The Labute approximate surface area is 139 Å². The maximum Gasteiger partial charge on any atom is 0.331 e. The van der Waals surface area contributed by atoms with E-state index in [9.17, 15) is 9.59 Å². The maximum absolute atomic E-state index is 11.8. The highest BCUT2D eigenvalue weighted by molar-refractivity contribution is 7.10. The van der Waals surface area contributed by atoms with Crippen LogP contribution in [0.4, 0.5) is 0 Å². The highest BCUT2D eigenvalue weighted by Crippen LogP contribution is 2.17. The van der Waals surface area contributed by atoms with E-state index in [0.717, 1.165) is 16.0 Å². The molecule has 1 amide bonds. The van der Waals surface area contributed by atoms with Gasteiger partial charge in [-0.1, -0.05) is 35.9 Å². The van der Waals surface area contributed by atoms with Gasteiger partial charge in [0.2, 0.25) is 0 Å². The standard InChI is InChI=1S/C18H19NO3S/c1-13-5-3-6-15(11-13)8-9-18(21)22-12-17(20)19-14(2)16-7-4-10-23-16/h3-11,14H,12H2,1-2H3,(H,19,20)/b9-8+/t14-/m0/s1. The molecule has 0 fully saturated rings. The van der Waals surface area contributed by atoms with Crippen molar-refractivity contribution >= 4 is 29.3 Å². The van der Waals surface area contributed by atoms with E-state index in [0.29, 0.717) is 0 Å². The number of hydrogen-bond acceptors (Lipinski definition) is 4. The summed E-state index contributed by atoms with van der Waals surface area (Å²) in [4.78, 5) is 24.5. The average molecular weight is 329 g/mol. The van der Waals surface area contributed by atoms with E-state index in [4.69, 9.17) is 4.74 Å². The minimum absolute atomic E-state index is 0.0935. The van der Waals surface area contributed by atoms with Crippen molar-refractivity contribution in [1.82, 2.24) is 5.32 Å². The number of carbonyl (C=O) groups is 2.